The SMILES string of the molecule is Cc1cnc2c(C(=O)N[C@@]3(c4ccc(C(F)(F)F)cc4F)CCOC[C@]3(C)O)cnn2c1. The van der Waals surface area contributed by atoms with Gasteiger partial charge in [-0.05, 0) is 31.5 Å². The number of rotatable bonds is 3. The monoisotopic (exact) mass is 452 g/mol. The first-order valence-electron chi connectivity index (χ1n) is 9.74. The Kier molecular flexibility index (Phi) is 5.21. The van der Waals surface area contributed by atoms with Gasteiger partial charge in [0.25, 0.3) is 5.91 Å². The van der Waals surface area contributed by atoms with E-state index in [9.17, 15) is 23.1 Å². The molecule has 4 rings (SSSR count). The summed E-state index contributed by atoms with van der Waals surface area (Å²) < 4.78 is 60.8. The van der Waals surface area contributed by atoms with Gasteiger partial charge in [0.15, 0.2) is 5.65 Å². The van der Waals surface area contributed by atoms with Gasteiger partial charge in [-0.2, -0.15) is 18.3 Å². The largest absolute Gasteiger partial charge is 0.416 e. The number of fused-ring (bicyclic) bond motifs is 1. The second kappa shape index (κ2) is 7.52. The first kappa shape index (κ1) is 22.2. The number of nitrogens with zero attached hydrogens (tertiary/aromatic N) is 3. The Morgan fingerprint density at radius 3 is 2.72 bits per heavy atom. The maximum Gasteiger partial charge on any atom is 0.416 e. The standard InChI is InChI=1S/C21H20F4N4O3/c1-12-8-26-17-14(9-27-29(17)10-12)18(30)28-20(5-6-32-11-19(20,2)31)15-4-3-13(7-16(15)22)21(23,24)25/h3-4,7-10,31H,5-6,11H2,1-2H3,(H,28,30)/t19-,20+/m0/s1. The number of nitrogens with one attached hydrogen (secondary N) is 1. The average Bonchev–Trinajstić information content (AvgIpc) is 3.12. The minimum atomic E-state index is -4.74. The molecule has 2 N–H and O–H groups in total. The molecule has 1 saturated heterocycles. The lowest BCUT2D eigenvalue weighted by Gasteiger charge is -2.49. The van der Waals surface area contributed by atoms with E-state index in [1.165, 1.54) is 17.6 Å². The van der Waals surface area contributed by atoms with Crippen molar-refractivity contribution in [1.82, 2.24) is 19.9 Å². The van der Waals surface area contributed by atoms with Gasteiger partial charge >= 0.3 is 6.18 Å². The second-order valence-electron chi connectivity index (χ2n) is 8.09. The summed E-state index contributed by atoms with van der Waals surface area (Å²) in [4.78, 5) is 17.4. The van der Waals surface area contributed by atoms with Crippen LogP contribution in [0.4, 0.5) is 17.6 Å². The molecule has 1 aliphatic heterocycles. The molecule has 3 heterocycles. The van der Waals surface area contributed by atoms with E-state index in [0.717, 1.165) is 17.7 Å². The number of halogens is 4. The number of hydrogen-bond donors (Lipinski definition) is 2. The fraction of sp³-hybridized carbons (Fsp3) is 0.381. The third kappa shape index (κ3) is 3.61. The summed E-state index contributed by atoms with van der Waals surface area (Å²) in [5, 5.41) is 17.9. The second-order valence-corrected chi connectivity index (χ2v) is 8.09. The molecule has 11 heteroatoms. The van der Waals surface area contributed by atoms with Crippen LogP contribution in [0.15, 0.2) is 36.8 Å². The number of alkyl halides is 3. The van der Waals surface area contributed by atoms with Gasteiger partial charge in [-0.15, -0.1) is 0 Å². The third-order valence-corrected chi connectivity index (χ3v) is 5.74. The van der Waals surface area contributed by atoms with E-state index in [2.05, 4.69) is 15.4 Å². The van der Waals surface area contributed by atoms with Crippen LogP contribution in [0.2, 0.25) is 0 Å². The number of amides is 1. The molecule has 7 nitrogen and oxygen atoms in total. The Labute approximate surface area is 180 Å². The summed E-state index contributed by atoms with van der Waals surface area (Å²) in [6.07, 6.45) is -0.324. The third-order valence-electron chi connectivity index (χ3n) is 5.74. The van der Waals surface area contributed by atoms with Crippen molar-refractivity contribution < 1.29 is 32.2 Å². The molecule has 0 saturated carbocycles. The zero-order valence-electron chi connectivity index (χ0n) is 17.2. The fourth-order valence-corrected chi connectivity index (χ4v) is 4.00. The van der Waals surface area contributed by atoms with Crippen molar-refractivity contribution in [2.45, 2.75) is 37.6 Å². The number of hydrogen-bond acceptors (Lipinski definition) is 5. The van der Waals surface area contributed by atoms with Crippen LogP contribution in [0.1, 0.15) is 40.4 Å². The molecule has 3 aromatic rings. The zero-order valence-corrected chi connectivity index (χ0v) is 17.2. The van der Waals surface area contributed by atoms with Crippen LogP contribution < -0.4 is 5.32 Å². The van der Waals surface area contributed by atoms with Crippen LogP contribution in [-0.2, 0) is 16.5 Å². The van der Waals surface area contributed by atoms with Crippen LogP contribution in [0.25, 0.3) is 5.65 Å². The maximum atomic E-state index is 15.0. The predicted octanol–water partition coefficient (Wildman–Crippen LogP) is 2.99. The summed E-state index contributed by atoms with van der Waals surface area (Å²) in [6.45, 7) is 2.92. The number of benzene rings is 1. The minimum Gasteiger partial charge on any atom is -0.385 e. The van der Waals surface area contributed by atoms with Gasteiger partial charge in [-0.3, -0.25) is 4.79 Å². The molecule has 170 valence electrons. The highest BCUT2D eigenvalue weighted by Gasteiger charge is 2.53. The first-order chi connectivity index (χ1) is 14.9. The van der Waals surface area contributed by atoms with Crippen molar-refractivity contribution in [3.05, 3.63) is 64.9 Å². The van der Waals surface area contributed by atoms with Crippen LogP contribution >= 0.6 is 0 Å². The van der Waals surface area contributed by atoms with E-state index >= 15 is 4.39 Å². The summed E-state index contributed by atoms with van der Waals surface area (Å²) >= 11 is 0. The van der Waals surface area contributed by atoms with E-state index in [0.29, 0.717) is 6.07 Å². The highest BCUT2D eigenvalue weighted by molar-refractivity contribution is 6.00. The zero-order chi connectivity index (χ0) is 23.3. The fourth-order valence-electron chi connectivity index (χ4n) is 4.00. The van der Waals surface area contributed by atoms with Gasteiger partial charge in [0.2, 0.25) is 0 Å². The minimum absolute atomic E-state index is 0.0447. The summed E-state index contributed by atoms with van der Waals surface area (Å²) in [5.41, 5.74) is -3.91. The molecule has 1 aromatic carbocycles. The molecule has 1 fully saturated rings. The number of aliphatic hydroxyl groups is 1. The molecule has 32 heavy (non-hydrogen) atoms. The number of aryl methyl sites for hydroxylation is 1. The molecular weight excluding hydrogens is 432 g/mol. The normalized spacial score (nSPS) is 24.0. The van der Waals surface area contributed by atoms with Crippen molar-refractivity contribution in [2.24, 2.45) is 0 Å². The van der Waals surface area contributed by atoms with Gasteiger partial charge in [0.05, 0.1) is 18.4 Å². The lowest BCUT2D eigenvalue weighted by Crippen LogP contribution is -2.65. The van der Waals surface area contributed by atoms with Crippen molar-refractivity contribution in [2.75, 3.05) is 13.2 Å². The Morgan fingerprint density at radius 1 is 1.31 bits per heavy atom. The van der Waals surface area contributed by atoms with Crippen molar-refractivity contribution in [3.63, 3.8) is 0 Å². The van der Waals surface area contributed by atoms with Crippen molar-refractivity contribution in [3.8, 4) is 0 Å². The molecule has 0 radical (unpaired) electrons. The lowest BCUT2D eigenvalue weighted by atomic mass is 9.71. The number of ether oxygens (including phenoxy) is 1. The Morgan fingerprint density at radius 2 is 2.06 bits per heavy atom. The van der Waals surface area contributed by atoms with E-state index in [4.69, 9.17) is 4.74 Å². The van der Waals surface area contributed by atoms with Crippen LogP contribution in [0.3, 0.4) is 0 Å². The van der Waals surface area contributed by atoms with Gasteiger partial charge in [0.1, 0.15) is 22.5 Å². The lowest BCUT2D eigenvalue weighted by molar-refractivity contribution is -0.140. The van der Waals surface area contributed by atoms with Crippen molar-refractivity contribution >= 4 is 11.6 Å². The van der Waals surface area contributed by atoms with Gasteiger partial charge in [0, 0.05) is 31.0 Å². The molecule has 1 aliphatic rings. The summed E-state index contributed by atoms with van der Waals surface area (Å²) in [6, 6.07) is 2.02. The smallest absolute Gasteiger partial charge is 0.385 e. The molecule has 0 spiro atoms. The van der Waals surface area contributed by atoms with E-state index in [1.54, 1.807) is 19.3 Å². The topological polar surface area (TPSA) is 88.8 Å². The van der Waals surface area contributed by atoms with Gasteiger partial charge in [-0.25, -0.2) is 13.9 Å². The van der Waals surface area contributed by atoms with E-state index in [1.807, 2.05) is 0 Å². The number of carbonyl (C=O) groups is 1. The highest BCUT2D eigenvalue weighted by Crippen LogP contribution is 2.42. The molecule has 2 atom stereocenters. The molecule has 0 aliphatic carbocycles. The van der Waals surface area contributed by atoms with Crippen LogP contribution in [0.5, 0.6) is 0 Å². The van der Waals surface area contributed by atoms with Crippen LogP contribution in [-0.4, -0.2) is 44.4 Å². The van der Waals surface area contributed by atoms with E-state index in [-0.39, 0.29) is 36.4 Å². The Hall–Kier alpha value is -3.05. The van der Waals surface area contributed by atoms with Gasteiger partial charge < -0.3 is 15.2 Å². The predicted molar refractivity (Wildman–Crippen MR) is 104 cm³/mol. The molecule has 2 aromatic heterocycles. The molecule has 0 unspecified atom stereocenters. The maximum absolute atomic E-state index is 15.0. The molecular formula is C21H20F4N4O3. The van der Waals surface area contributed by atoms with Crippen LogP contribution in [0, 0.1) is 12.7 Å². The summed E-state index contributed by atoms with van der Waals surface area (Å²) in [5.74, 6) is -1.91. The number of carbonyl (C=O) groups excluding carboxylic acids is 1. The Balaban J connectivity index is 1.80. The highest BCUT2D eigenvalue weighted by atomic mass is 19.4. The first-order valence-corrected chi connectivity index (χ1v) is 9.74. The number of aromatic nitrogens is 3. The Bertz CT molecular complexity index is 1190. The average molecular weight is 452 g/mol. The molecule has 1 amide bonds. The summed E-state index contributed by atoms with van der Waals surface area (Å²) in [7, 11) is 0. The van der Waals surface area contributed by atoms with E-state index < -0.39 is 34.6 Å². The van der Waals surface area contributed by atoms with Crippen molar-refractivity contribution in [1.29, 1.82) is 0 Å². The quantitative estimate of drug-likeness (QED) is 0.597. The van der Waals surface area contributed by atoms with Gasteiger partial charge in [-0.1, -0.05) is 6.07 Å². The molecule has 0 bridgehead atoms.